The van der Waals surface area contributed by atoms with Crippen LogP contribution in [0.25, 0.3) is 10.4 Å². The van der Waals surface area contributed by atoms with E-state index in [0.29, 0.717) is 26.1 Å². The molecular formula is C15H22N4O2. The Bertz CT molecular complexity index is 498. The van der Waals surface area contributed by atoms with Crippen molar-refractivity contribution >= 4 is 5.97 Å². The second-order valence-corrected chi connectivity index (χ2v) is 4.50. The minimum absolute atomic E-state index is 0.276. The van der Waals surface area contributed by atoms with Gasteiger partial charge in [0.2, 0.25) is 0 Å². The van der Waals surface area contributed by atoms with Crippen LogP contribution in [-0.2, 0) is 16.0 Å². The molecule has 0 saturated carbocycles. The second-order valence-electron chi connectivity index (χ2n) is 4.50. The van der Waals surface area contributed by atoms with Crippen molar-refractivity contribution in [1.29, 1.82) is 0 Å². The van der Waals surface area contributed by atoms with Gasteiger partial charge in [0.25, 0.3) is 0 Å². The summed E-state index contributed by atoms with van der Waals surface area (Å²) in [6.07, 6.45) is 1.53. The first kappa shape index (κ1) is 17.0. The summed E-state index contributed by atoms with van der Waals surface area (Å²) in [4.78, 5) is 14.9. The smallest absolute Gasteiger partial charge is 0.327 e. The molecule has 0 amide bonds. The zero-order valence-corrected chi connectivity index (χ0v) is 12.6. The maximum Gasteiger partial charge on any atom is 0.327 e. The van der Waals surface area contributed by atoms with Crippen LogP contribution in [0, 0.1) is 0 Å². The highest BCUT2D eigenvalue weighted by Crippen LogP contribution is 2.20. The molecule has 0 aromatic heterocycles. The molecule has 0 fully saturated rings. The zero-order chi connectivity index (χ0) is 15.5. The Morgan fingerprint density at radius 2 is 2.19 bits per heavy atom. The first-order valence-electron chi connectivity index (χ1n) is 7.23. The van der Waals surface area contributed by atoms with Gasteiger partial charge in [-0.3, -0.25) is 0 Å². The van der Waals surface area contributed by atoms with Gasteiger partial charge in [0.1, 0.15) is 6.04 Å². The Morgan fingerprint density at radius 3 is 2.86 bits per heavy atom. The monoisotopic (exact) mass is 290 g/mol. The molecule has 0 aliphatic carbocycles. The minimum atomic E-state index is -0.479. The molecule has 21 heavy (non-hydrogen) atoms. The molecule has 1 N–H and O–H groups in total. The Balaban J connectivity index is 2.81. The molecule has 0 aliphatic rings. The molecule has 1 aromatic rings. The molecule has 1 rings (SSSR count). The highest BCUT2D eigenvalue weighted by Gasteiger charge is 2.23. The number of hydrogen-bond donors (Lipinski definition) is 1. The summed E-state index contributed by atoms with van der Waals surface area (Å²) in [5.74, 6) is -0.276. The topological polar surface area (TPSA) is 87.1 Å². The lowest BCUT2D eigenvalue weighted by Gasteiger charge is -2.20. The Kier molecular flexibility index (Phi) is 7.94. The van der Waals surface area contributed by atoms with Crippen molar-refractivity contribution in [3.63, 3.8) is 0 Å². The van der Waals surface area contributed by atoms with E-state index in [1.54, 1.807) is 6.92 Å². The second kappa shape index (κ2) is 9.80. The van der Waals surface area contributed by atoms with Gasteiger partial charge in [0.05, 0.1) is 6.61 Å². The van der Waals surface area contributed by atoms with Crippen LogP contribution in [0.4, 0.5) is 0 Å². The van der Waals surface area contributed by atoms with Crippen LogP contribution in [-0.4, -0.2) is 25.7 Å². The van der Waals surface area contributed by atoms with Crippen molar-refractivity contribution in [3.05, 3.63) is 45.8 Å². The number of ether oxygens (including phenoxy) is 1. The number of rotatable bonds is 9. The molecule has 1 aromatic carbocycles. The van der Waals surface area contributed by atoms with Crippen molar-refractivity contribution in [2.45, 2.75) is 32.7 Å². The molecule has 0 heterocycles. The van der Waals surface area contributed by atoms with Gasteiger partial charge in [-0.05, 0) is 43.0 Å². The normalized spacial score (nSPS) is 11.5. The Morgan fingerprint density at radius 1 is 1.43 bits per heavy atom. The van der Waals surface area contributed by atoms with Gasteiger partial charge in [0, 0.05) is 11.5 Å². The third-order valence-electron chi connectivity index (χ3n) is 3.12. The van der Waals surface area contributed by atoms with E-state index in [4.69, 9.17) is 10.3 Å². The fourth-order valence-electron chi connectivity index (χ4n) is 2.12. The Hall–Kier alpha value is -2.04. The van der Waals surface area contributed by atoms with E-state index in [2.05, 4.69) is 22.3 Å². The summed E-state index contributed by atoms with van der Waals surface area (Å²) in [5.41, 5.74) is 10.3. The number of hydrogen-bond acceptors (Lipinski definition) is 4. The van der Waals surface area contributed by atoms with Crippen LogP contribution in [0.3, 0.4) is 0 Å². The molecule has 6 heteroatoms. The summed E-state index contributed by atoms with van der Waals surface area (Å²) in [5, 5.41) is 6.68. The number of nitrogens with one attached hydrogen (secondary N) is 1. The standard InChI is InChI=1S/C15H22N4O2/c1-3-12-8-5-6-9-13(12)14(15(20)21-4-2)17-10-7-11-18-19-16/h5-6,8-9,14,17H,3-4,7,10-11H2,1-2H3. The lowest BCUT2D eigenvalue weighted by molar-refractivity contribution is -0.145. The molecule has 1 unspecified atom stereocenters. The number of nitrogens with zero attached hydrogens (tertiary/aromatic N) is 3. The third kappa shape index (κ3) is 5.45. The van der Waals surface area contributed by atoms with Gasteiger partial charge in [-0.2, -0.15) is 0 Å². The van der Waals surface area contributed by atoms with E-state index >= 15 is 0 Å². The molecule has 0 aliphatic heterocycles. The SMILES string of the molecule is CCOC(=O)C(NCCCN=[N+]=[N-])c1ccccc1CC. The van der Waals surface area contributed by atoms with Gasteiger partial charge in [-0.1, -0.05) is 36.3 Å². The average molecular weight is 290 g/mol. The maximum atomic E-state index is 12.2. The first-order chi connectivity index (χ1) is 10.2. The van der Waals surface area contributed by atoms with E-state index in [1.807, 2.05) is 24.3 Å². The Labute approximate surface area is 125 Å². The summed E-state index contributed by atoms with van der Waals surface area (Å²) in [6.45, 7) is 5.20. The highest BCUT2D eigenvalue weighted by molar-refractivity contribution is 5.78. The largest absolute Gasteiger partial charge is 0.465 e. The molecule has 1 atom stereocenters. The number of carbonyl (C=O) groups is 1. The van der Waals surface area contributed by atoms with E-state index in [-0.39, 0.29) is 5.97 Å². The number of aryl methyl sites for hydroxylation is 1. The molecule has 114 valence electrons. The van der Waals surface area contributed by atoms with Crippen LogP contribution in [0.5, 0.6) is 0 Å². The lowest BCUT2D eigenvalue weighted by Crippen LogP contribution is -2.32. The van der Waals surface area contributed by atoms with Crippen LogP contribution in [0.1, 0.15) is 37.4 Å². The predicted octanol–water partition coefficient (Wildman–Crippen LogP) is 3.14. The van der Waals surface area contributed by atoms with E-state index < -0.39 is 6.04 Å². The van der Waals surface area contributed by atoms with Gasteiger partial charge < -0.3 is 10.1 Å². The van der Waals surface area contributed by atoms with Gasteiger partial charge in [0.15, 0.2) is 0 Å². The first-order valence-corrected chi connectivity index (χ1v) is 7.23. The molecule has 0 saturated heterocycles. The molecular weight excluding hydrogens is 268 g/mol. The summed E-state index contributed by atoms with van der Waals surface area (Å²) in [7, 11) is 0. The molecule has 0 spiro atoms. The molecule has 0 bridgehead atoms. The number of carbonyl (C=O) groups excluding carboxylic acids is 1. The van der Waals surface area contributed by atoms with Crippen molar-refractivity contribution in [2.24, 2.45) is 5.11 Å². The third-order valence-corrected chi connectivity index (χ3v) is 3.12. The number of benzene rings is 1. The minimum Gasteiger partial charge on any atom is -0.465 e. The highest BCUT2D eigenvalue weighted by atomic mass is 16.5. The predicted molar refractivity (Wildman–Crippen MR) is 81.8 cm³/mol. The fraction of sp³-hybridized carbons (Fsp3) is 0.533. The number of azide groups is 1. The van der Waals surface area contributed by atoms with Crippen LogP contribution in [0.15, 0.2) is 29.4 Å². The summed E-state index contributed by atoms with van der Waals surface area (Å²) >= 11 is 0. The fourth-order valence-corrected chi connectivity index (χ4v) is 2.12. The number of esters is 1. The van der Waals surface area contributed by atoms with Crippen LogP contribution in [0.2, 0.25) is 0 Å². The van der Waals surface area contributed by atoms with Crippen molar-refractivity contribution in [3.8, 4) is 0 Å². The maximum absolute atomic E-state index is 12.2. The average Bonchev–Trinajstić information content (AvgIpc) is 2.51. The molecule has 6 nitrogen and oxygen atoms in total. The van der Waals surface area contributed by atoms with Gasteiger partial charge in [-0.25, -0.2) is 4.79 Å². The van der Waals surface area contributed by atoms with Crippen LogP contribution >= 0.6 is 0 Å². The zero-order valence-electron chi connectivity index (χ0n) is 12.6. The summed E-state index contributed by atoms with van der Waals surface area (Å²) in [6, 6.07) is 7.37. The van der Waals surface area contributed by atoms with Crippen molar-refractivity contribution in [1.82, 2.24) is 5.32 Å². The van der Waals surface area contributed by atoms with Gasteiger partial charge in [-0.15, -0.1) is 0 Å². The van der Waals surface area contributed by atoms with E-state index in [0.717, 1.165) is 17.5 Å². The van der Waals surface area contributed by atoms with Crippen molar-refractivity contribution < 1.29 is 9.53 Å². The summed E-state index contributed by atoms with van der Waals surface area (Å²) < 4.78 is 5.15. The van der Waals surface area contributed by atoms with Gasteiger partial charge >= 0.3 is 5.97 Å². The quantitative estimate of drug-likeness (QED) is 0.249. The molecule has 0 radical (unpaired) electrons. The van der Waals surface area contributed by atoms with Crippen LogP contribution < -0.4 is 5.32 Å². The van der Waals surface area contributed by atoms with E-state index in [1.165, 1.54) is 0 Å². The van der Waals surface area contributed by atoms with E-state index in [9.17, 15) is 4.79 Å². The van der Waals surface area contributed by atoms with Crippen molar-refractivity contribution in [2.75, 3.05) is 19.7 Å². The lowest BCUT2D eigenvalue weighted by atomic mass is 9.98.